The van der Waals surface area contributed by atoms with Gasteiger partial charge in [0.1, 0.15) is 12.2 Å². The van der Waals surface area contributed by atoms with E-state index in [0.717, 1.165) is 49.7 Å². The van der Waals surface area contributed by atoms with Gasteiger partial charge < -0.3 is 9.09 Å². The Balaban J connectivity index is 1.36. The highest BCUT2D eigenvalue weighted by atomic mass is 16.5. The van der Waals surface area contributed by atoms with Gasteiger partial charge in [-0.2, -0.15) is 4.98 Å². The average molecular weight is 338 g/mol. The van der Waals surface area contributed by atoms with Gasteiger partial charge in [0.05, 0.1) is 6.54 Å². The first kappa shape index (κ1) is 16.0. The third-order valence-electron chi connectivity index (χ3n) is 4.83. The van der Waals surface area contributed by atoms with Crippen molar-refractivity contribution < 1.29 is 4.52 Å². The maximum absolute atomic E-state index is 5.42. The van der Waals surface area contributed by atoms with Crippen molar-refractivity contribution in [3.8, 4) is 11.5 Å². The van der Waals surface area contributed by atoms with Gasteiger partial charge in [-0.05, 0) is 45.0 Å². The Morgan fingerprint density at radius 2 is 1.92 bits per heavy atom. The molecule has 3 aromatic rings. The van der Waals surface area contributed by atoms with Crippen molar-refractivity contribution in [2.24, 2.45) is 7.05 Å². The number of aryl methyl sites for hydroxylation is 2. The third kappa shape index (κ3) is 3.46. The van der Waals surface area contributed by atoms with Crippen molar-refractivity contribution in [3.63, 3.8) is 0 Å². The monoisotopic (exact) mass is 338 g/mol. The lowest BCUT2D eigenvalue weighted by atomic mass is 9.96. The van der Waals surface area contributed by atoms with Crippen molar-refractivity contribution in [2.75, 3.05) is 13.1 Å². The van der Waals surface area contributed by atoms with Crippen LogP contribution in [0.3, 0.4) is 0 Å². The largest absolute Gasteiger partial charge is 0.334 e. The Bertz CT molecular complexity index is 829. The summed E-state index contributed by atoms with van der Waals surface area (Å²) in [5.74, 6) is 2.90. The number of rotatable bonds is 4. The predicted octanol–water partition coefficient (Wildman–Crippen LogP) is 2.55. The minimum absolute atomic E-state index is 0.483. The molecule has 0 aliphatic carbocycles. The van der Waals surface area contributed by atoms with Crippen LogP contribution in [0.5, 0.6) is 0 Å². The number of nitrogens with zero attached hydrogens (tertiary/aromatic N) is 6. The van der Waals surface area contributed by atoms with Crippen LogP contribution in [0.25, 0.3) is 11.5 Å². The number of piperidine rings is 1. The summed E-state index contributed by atoms with van der Waals surface area (Å²) in [5.41, 5.74) is 2.18. The second-order valence-corrected chi connectivity index (χ2v) is 6.73. The summed E-state index contributed by atoms with van der Waals surface area (Å²) in [6.07, 6.45) is 3.93. The van der Waals surface area contributed by atoms with E-state index in [4.69, 9.17) is 4.52 Å². The van der Waals surface area contributed by atoms with Crippen molar-refractivity contribution in [1.82, 2.24) is 29.8 Å². The summed E-state index contributed by atoms with van der Waals surface area (Å²) < 4.78 is 7.44. The number of benzene rings is 1. The van der Waals surface area contributed by atoms with Gasteiger partial charge >= 0.3 is 0 Å². The number of hydrogen-bond acceptors (Lipinski definition) is 6. The molecule has 25 heavy (non-hydrogen) atoms. The summed E-state index contributed by atoms with van der Waals surface area (Å²) in [4.78, 5) is 6.91. The minimum atomic E-state index is 0.483. The zero-order valence-electron chi connectivity index (χ0n) is 14.6. The molecule has 7 nitrogen and oxygen atoms in total. The van der Waals surface area contributed by atoms with Crippen LogP contribution in [-0.4, -0.2) is 42.9 Å². The second kappa shape index (κ2) is 6.76. The molecule has 1 aromatic carbocycles. The number of aromatic nitrogens is 5. The SMILES string of the molecule is Cc1ccc(-c2nc(CN3CCC(c4nncn4C)CC3)no2)cc1. The maximum Gasteiger partial charge on any atom is 0.257 e. The number of likely N-dealkylation sites (tertiary alicyclic amines) is 1. The standard InChI is InChI=1S/C18H22N6O/c1-13-3-5-15(6-4-13)18-20-16(22-25-18)11-24-9-7-14(8-10-24)17-21-19-12-23(17)2/h3-6,12,14H,7-11H2,1-2H3. The Morgan fingerprint density at radius 1 is 1.16 bits per heavy atom. The van der Waals surface area contributed by atoms with E-state index in [-0.39, 0.29) is 0 Å². The van der Waals surface area contributed by atoms with Gasteiger partial charge in [0.2, 0.25) is 0 Å². The first-order valence-corrected chi connectivity index (χ1v) is 8.65. The van der Waals surface area contributed by atoms with Crippen LogP contribution < -0.4 is 0 Å². The lowest BCUT2D eigenvalue weighted by Crippen LogP contribution is -2.33. The Hall–Kier alpha value is -2.54. The molecule has 2 aromatic heterocycles. The number of hydrogen-bond donors (Lipinski definition) is 0. The molecule has 0 saturated carbocycles. The third-order valence-corrected chi connectivity index (χ3v) is 4.83. The molecule has 0 atom stereocenters. The van der Waals surface area contributed by atoms with Crippen molar-refractivity contribution >= 4 is 0 Å². The lowest BCUT2D eigenvalue weighted by Gasteiger charge is -2.30. The summed E-state index contributed by atoms with van der Waals surface area (Å²) in [5, 5.41) is 12.4. The minimum Gasteiger partial charge on any atom is -0.334 e. The smallest absolute Gasteiger partial charge is 0.257 e. The van der Waals surface area contributed by atoms with Crippen LogP contribution in [0.15, 0.2) is 35.1 Å². The Kier molecular flexibility index (Phi) is 4.31. The molecule has 0 bridgehead atoms. The molecule has 1 saturated heterocycles. The van der Waals surface area contributed by atoms with E-state index in [2.05, 4.69) is 44.3 Å². The van der Waals surface area contributed by atoms with Gasteiger partial charge in [-0.3, -0.25) is 4.90 Å². The van der Waals surface area contributed by atoms with E-state index < -0.39 is 0 Å². The predicted molar refractivity (Wildman–Crippen MR) is 92.7 cm³/mol. The fraction of sp³-hybridized carbons (Fsp3) is 0.444. The van der Waals surface area contributed by atoms with Gasteiger partial charge in [0.25, 0.3) is 5.89 Å². The van der Waals surface area contributed by atoms with Crippen LogP contribution in [-0.2, 0) is 13.6 Å². The topological polar surface area (TPSA) is 72.9 Å². The fourth-order valence-electron chi connectivity index (χ4n) is 3.34. The molecule has 1 aliphatic heterocycles. The van der Waals surface area contributed by atoms with E-state index in [1.807, 2.05) is 23.7 Å². The van der Waals surface area contributed by atoms with E-state index in [1.54, 1.807) is 6.33 Å². The molecule has 0 amide bonds. The van der Waals surface area contributed by atoms with Gasteiger partial charge in [-0.15, -0.1) is 10.2 Å². The molecular formula is C18H22N6O. The lowest BCUT2D eigenvalue weighted by molar-refractivity contribution is 0.194. The summed E-state index contributed by atoms with van der Waals surface area (Å²) >= 11 is 0. The zero-order chi connectivity index (χ0) is 17.2. The van der Waals surface area contributed by atoms with Gasteiger partial charge in [-0.25, -0.2) is 0 Å². The Morgan fingerprint density at radius 3 is 2.60 bits per heavy atom. The quantitative estimate of drug-likeness (QED) is 0.728. The van der Waals surface area contributed by atoms with Crippen LogP contribution in [0.1, 0.15) is 36.0 Å². The highest BCUT2D eigenvalue weighted by molar-refractivity contribution is 5.53. The first-order chi connectivity index (χ1) is 12.2. The fourth-order valence-corrected chi connectivity index (χ4v) is 3.34. The summed E-state index contributed by atoms with van der Waals surface area (Å²) in [7, 11) is 2.01. The van der Waals surface area contributed by atoms with Crippen LogP contribution >= 0.6 is 0 Å². The summed E-state index contributed by atoms with van der Waals surface area (Å²) in [6, 6.07) is 8.13. The molecule has 0 spiro atoms. The molecule has 3 heterocycles. The zero-order valence-corrected chi connectivity index (χ0v) is 14.6. The molecule has 7 heteroatoms. The molecule has 0 unspecified atom stereocenters. The van der Waals surface area contributed by atoms with Crippen LogP contribution in [0.4, 0.5) is 0 Å². The van der Waals surface area contributed by atoms with Crippen molar-refractivity contribution in [1.29, 1.82) is 0 Å². The molecular weight excluding hydrogens is 316 g/mol. The molecule has 0 radical (unpaired) electrons. The summed E-state index contributed by atoms with van der Waals surface area (Å²) in [6.45, 7) is 4.80. The molecule has 0 N–H and O–H groups in total. The average Bonchev–Trinajstić information content (AvgIpc) is 3.26. The maximum atomic E-state index is 5.42. The van der Waals surface area contributed by atoms with Gasteiger partial charge in [0, 0.05) is 18.5 Å². The normalized spacial score (nSPS) is 16.4. The van der Waals surface area contributed by atoms with Gasteiger partial charge in [-0.1, -0.05) is 22.9 Å². The van der Waals surface area contributed by atoms with Crippen LogP contribution in [0, 0.1) is 6.92 Å². The van der Waals surface area contributed by atoms with Gasteiger partial charge in [0.15, 0.2) is 5.82 Å². The molecule has 130 valence electrons. The van der Waals surface area contributed by atoms with E-state index >= 15 is 0 Å². The molecule has 1 aliphatic rings. The molecule has 1 fully saturated rings. The highest BCUT2D eigenvalue weighted by Gasteiger charge is 2.24. The highest BCUT2D eigenvalue weighted by Crippen LogP contribution is 2.27. The van der Waals surface area contributed by atoms with E-state index in [0.29, 0.717) is 11.8 Å². The Labute approximate surface area is 146 Å². The first-order valence-electron chi connectivity index (χ1n) is 8.65. The van der Waals surface area contributed by atoms with Crippen LogP contribution in [0.2, 0.25) is 0 Å². The van der Waals surface area contributed by atoms with E-state index in [1.165, 1.54) is 5.56 Å². The van der Waals surface area contributed by atoms with Crippen molar-refractivity contribution in [3.05, 3.63) is 47.8 Å². The van der Waals surface area contributed by atoms with E-state index in [9.17, 15) is 0 Å². The van der Waals surface area contributed by atoms with Crippen molar-refractivity contribution in [2.45, 2.75) is 32.2 Å². The second-order valence-electron chi connectivity index (χ2n) is 6.73. The molecule has 4 rings (SSSR count).